The van der Waals surface area contributed by atoms with E-state index in [2.05, 4.69) is 33.0 Å². The Labute approximate surface area is 135 Å². The van der Waals surface area contributed by atoms with Crippen molar-refractivity contribution in [2.45, 2.75) is 12.8 Å². The van der Waals surface area contributed by atoms with Crippen molar-refractivity contribution >= 4 is 44.2 Å². The molecular formula is C17H11BrClNO. The fourth-order valence-electron chi connectivity index (χ4n) is 3.06. The molecule has 1 aliphatic carbocycles. The zero-order valence-corrected chi connectivity index (χ0v) is 13.4. The number of ketones is 1. The average molecular weight is 361 g/mol. The van der Waals surface area contributed by atoms with Crippen LogP contribution in [0.4, 0.5) is 0 Å². The van der Waals surface area contributed by atoms with E-state index < -0.39 is 0 Å². The molecule has 2 nitrogen and oxygen atoms in total. The van der Waals surface area contributed by atoms with Gasteiger partial charge in [-0.2, -0.15) is 0 Å². The predicted octanol–water partition coefficient (Wildman–Crippen LogP) is 5.38. The minimum absolute atomic E-state index is 0.200. The molecule has 0 aliphatic heterocycles. The summed E-state index contributed by atoms with van der Waals surface area (Å²) in [6.45, 7) is 0. The number of Topliss-reactive ketones (excluding diaryl/α,β-unsaturated/α-hetero) is 1. The van der Waals surface area contributed by atoms with Crippen LogP contribution in [0.5, 0.6) is 0 Å². The van der Waals surface area contributed by atoms with Gasteiger partial charge in [-0.15, -0.1) is 0 Å². The Hall–Kier alpha value is -1.58. The van der Waals surface area contributed by atoms with Crippen LogP contribution < -0.4 is 0 Å². The minimum atomic E-state index is 0.200. The number of benzene rings is 2. The van der Waals surface area contributed by atoms with Crippen molar-refractivity contribution in [3.05, 3.63) is 57.0 Å². The van der Waals surface area contributed by atoms with Crippen LogP contribution in [0.25, 0.3) is 22.2 Å². The van der Waals surface area contributed by atoms with Crippen molar-refractivity contribution in [3.8, 4) is 11.3 Å². The van der Waals surface area contributed by atoms with Crippen molar-refractivity contribution in [1.82, 2.24) is 4.98 Å². The van der Waals surface area contributed by atoms with Gasteiger partial charge in [-0.25, -0.2) is 0 Å². The van der Waals surface area contributed by atoms with Crippen molar-refractivity contribution in [2.24, 2.45) is 0 Å². The molecule has 0 fully saturated rings. The third-order valence-electron chi connectivity index (χ3n) is 4.04. The molecule has 0 saturated carbocycles. The molecule has 0 amide bonds. The minimum Gasteiger partial charge on any atom is -0.353 e. The number of carbonyl (C=O) groups excluding carboxylic acids is 1. The van der Waals surface area contributed by atoms with Crippen LogP contribution in [0.3, 0.4) is 0 Å². The van der Waals surface area contributed by atoms with Crippen LogP contribution in [0.1, 0.15) is 22.3 Å². The van der Waals surface area contributed by atoms with Gasteiger partial charge in [0.25, 0.3) is 0 Å². The molecule has 0 bridgehead atoms. The Kier molecular flexibility index (Phi) is 2.95. The van der Waals surface area contributed by atoms with E-state index >= 15 is 0 Å². The second-order valence-electron chi connectivity index (χ2n) is 5.25. The molecular weight excluding hydrogens is 350 g/mol. The van der Waals surface area contributed by atoms with Gasteiger partial charge in [0.05, 0.1) is 10.5 Å². The molecule has 3 aromatic rings. The smallest absolute Gasteiger partial charge is 0.163 e. The van der Waals surface area contributed by atoms with Crippen LogP contribution in [-0.4, -0.2) is 10.8 Å². The third kappa shape index (κ3) is 1.95. The lowest BCUT2D eigenvalue weighted by Crippen LogP contribution is -2.08. The van der Waals surface area contributed by atoms with Crippen molar-refractivity contribution in [1.29, 1.82) is 0 Å². The van der Waals surface area contributed by atoms with E-state index in [0.717, 1.165) is 38.6 Å². The number of carbonyl (C=O) groups is 1. The van der Waals surface area contributed by atoms with E-state index in [-0.39, 0.29) is 5.78 Å². The fourth-order valence-corrected chi connectivity index (χ4v) is 3.53. The van der Waals surface area contributed by atoms with Crippen molar-refractivity contribution in [3.63, 3.8) is 0 Å². The lowest BCUT2D eigenvalue weighted by molar-refractivity contribution is 0.0982. The maximum absolute atomic E-state index is 12.1. The van der Waals surface area contributed by atoms with Gasteiger partial charge < -0.3 is 4.98 Å². The van der Waals surface area contributed by atoms with Gasteiger partial charge in [0.2, 0.25) is 0 Å². The van der Waals surface area contributed by atoms with Crippen LogP contribution in [0.15, 0.2) is 40.9 Å². The number of aromatic amines is 1. The number of halogens is 2. The summed E-state index contributed by atoms with van der Waals surface area (Å²) >= 11 is 9.76. The molecule has 0 atom stereocenters. The summed E-state index contributed by atoms with van der Waals surface area (Å²) in [5.74, 6) is 0.200. The summed E-state index contributed by atoms with van der Waals surface area (Å²) in [7, 11) is 0. The number of hydrogen-bond donors (Lipinski definition) is 1. The third-order valence-corrected chi connectivity index (χ3v) is 4.89. The maximum Gasteiger partial charge on any atom is 0.163 e. The van der Waals surface area contributed by atoms with E-state index in [4.69, 9.17) is 11.6 Å². The van der Waals surface area contributed by atoms with E-state index in [1.807, 2.05) is 18.2 Å². The standard InChI is InChI=1S/C17H11BrClNO/c18-10-3-1-9(2-4-10)16-12-6-8-14(21)11-5-7-13(19)17(20-16)15(11)12/h1-5,7,20H,6,8H2. The Morgan fingerprint density at radius 3 is 2.57 bits per heavy atom. The Morgan fingerprint density at radius 1 is 1.05 bits per heavy atom. The Morgan fingerprint density at radius 2 is 1.81 bits per heavy atom. The first-order valence-corrected chi connectivity index (χ1v) is 7.94. The normalized spacial score (nSPS) is 13.9. The molecule has 104 valence electrons. The summed E-state index contributed by atoms with van der Waals surface area (Å²) in [6, 6.07) is 11.8. The molecule has 1 N–H and O–H groups in total. The molecule has 1 aliphatic rings. The highest BCUT2D eigenvalue weighted by Crippen LogP contribution is 2.39. The predicted molar refractivity (Wildman–Crippen MR) is 89.1 cm³/mol. The topological polar surface area (TPSA) is 32.9 Å². The largest absolute Gasteiger partial charge is 0.353 e. The molecule has 21 heavy (non-hydrogen) atoms. The molecule has 2 aromatic carbocycles. The number of hydrogen-bond acceptors (Lipinski definition) is 1. The Balaban J connectivity index is 2.06. The average Bonchev–Trinajstić information content (AvgIpc) is 2.87. The first-order chi connectivity index (χ1) is 10.1. The second-order valence-corrected chi connectivity index (χ2v) is 6.58. The zero-order valence-electron chi connectivity index (χ0n) is 11.0. The molecule has 4 heteroatoms. The van der Waals surface area contributed by atoms with E-state index in [9.17, 15) is 4.79 Å². The molecule has 1 heterocycles. The number of H-pyrrole nitrogens is 1. The molecule has 0 unspecified atom stereocenters. The van der Waals surface area contributed by atoms with Crippen LogP contribution >= 0.6 is 27.5 Å². The highest BCUT2D eigenvalue weighted by atomic mass is 79.9. The number of aromatic nitrogens is 1. The monoisotopic (exact) mass is 359 g/mol. The molecule has 4 rings (SSSR count). The lowest BCUT2D eigenvalue weighted by atomic mass is 9.89. The Bertz CT molecular complexity index is 880. The molecule has 0 spiro atoms. The summed E-state index contributed by atoms with van der Waals surface area (Å²) < 4.78 is 1.05. The quantitative estimate of drug-likeness (QED) is 0.621. The molecule has 1 aromatic heterocycles. The van der Waals surface area contributed by atoms with Gasteiger partial charge in [0.15, 0.2) is 5.78 Å². The SMILES string of the molecule is O=C1CCc2c(-c3ccc(Br)cc3)[nH]c3c(Cl)ccc1c23. The lowest BCUT2D eigenvalue weighted by Gasteiger charge is -2.13. The molecule has 0 radical (unpaired) electrons. The van der Waals surface area contributed by atoms with Gasteiger partial charge in [0.1, 0.15) is 0 Å². The summed E-state index contributed by atoms with van der Waals surface area (Å²) in [5, 5.41) is 1.66. The summed E-state index contributed by atoms with van der Waals surface area (Å²) in [4.78, 5) is 15.5. The van der Waals surface area contributed by atoms with Crippen molar-refractivity contribution in [2.75, 3.05) is 0 Å². The van der Waals surface area contributed by atoms with Gasteiger partial charge in [-0.1, -0.05) is 39.7 Å². The van der Waals surface area contributed by atoms with Gasteiger partial charge in [-0.05, 0) is 41.8 Å². The van der Waals surface area contributed by atoms with Crippen LogP contribution in [0, 0.1) is 0 Å². The van der Waals surface area contributed by atoms with Crippen LogP contribution in [0.2, 0.25) is 5.02 Å². The van der Waals surface area contributed by atoms with Crippen molar-refractivity contribution < 1.29 is 4.79 Å². The second kappa shape index (κ2) is 4.72. The van der Waals surface area contributed by atoms with E-state index in [0.29, 0.717) is 11.4 Å². The number of rotatable bonds is 1. The number of aryl methyl sites for hydroxylation is 1. The number of nitrogens with one attached hydrogen (secondary N) is 1. The van der Waals surface area contributed by atoms with Gasteiger partial charge >= 0.3 is 0 Å². The van der Waals surface area contributed by atoms with E-state index in [1.54, 1.807) is 6.07 Å². The zero-order chi connectivity index (χ0) is 14.6. The highest BCUT2D eigenvalue weighted by Gasteiger charge is 2.25. The summed E-state index contributed by atoms with van der Waals surface area (Å²) in [5.41, 5.74) is 5.04. The first kappa shape index (κ1) is 13.1. The van der Waals surface area contributed by atoms with Crippen LogP contribution in [-0.2, 0) is 6.42 Å². The van der Waals surface area contributed by atoms with Gasteiger partial charge in [0, 0.05) is 27.5 Å². The molecule has 0 saturated heterocycles. The fraction of sp³-hybridized carbons (Fsp3) is 0.118. The summed E-state index contributed by atoms with van der Waals surface area (Å²) in [6.07, 6.45) is 1.32. The van der Waals surface area contributed by atoms with E-state index in [1.165, 1.54) is 5.56 Å². The first-order valence-electron chi connectivity index (χ1n) is 6.77. The maximum atomic E-state index is 12.1. The van der Waals surface area contributed by atoms with Gasteiger partial charge in [-0.3, -0.25) is 4.79 Å². The highest BCUT2D eigenvalue weighted by molar-refractivity contribution is 9.10.